The maximum Gasteiger partial charge on any atom is 0.407 e. The van der Waals surface area contributed by atoms with Gasteiger partial charge in [0.2, 0.25) is 11.8 Å². The molecule has 0 saturated carbocycles. The minimum absolute atomic E-state index is 0.0992. The number of rotatable bonds is 10. The molecule has 8 nitrogen and oxygen atoms in total. The lowest BCUT2D eigenvalue weighted by molar-refractivity contribution is -0.128. The number of carbonyl (C=O) groups is 3. The molecule has 0 aliphatic rings. The Balaban J connectivity index is 1.73. The Hall–Kier alpha value is -2.66. The standard InChI is InChI=1S/C21H24IN3O5/c22-16-8-4-7-15(9-16)10-18(20(23)28)25-19(27)11-17(26)12-24-21(29)30-13-14-5-2-1-3-6-14/h1-9,17-18,26H,10-13H2,(H2,23,28)(H,24,29)(H,25,27)/t17-,18+/m1/s1. The van der Waals surface area contributed by atoms with E-state index >= 15 is 0 Å². The van der Waals surface area contributed by atoms with Crippen molar-refractivity contribution in [3.63, 3.8) is 0 Å². The van der Waals surface area contributed by atoms with Gasteiger partial charge in [0, 0.05) is 16.5 Å². The highest BCUT2D eigenvalue weighted by Crippen LogP contribution is 2.10. The van der Waals surface area contributed by atoms with Crippen molar-refractivity contribution in [2.24, 2.45) is 5.73 Å². The molecule has 0 fully saturated rings. The number of alkyl carbamates (subject to hydrolysis) is 1. The van der Waals surface area contributed by atoms with Crippen molar-refractivity contribution >= 4 is 40.5 Å². The molecule has 0 saturated heterocycles. The molecule has 0 aliphatic heterocycles. The summed E-state index contributed by atoms with van der Waals surface area (Å²) >= 11 is 2.15. The van der Waals surface area contributed by atoms with Crippen LogP contribution in [-0.2, 0) is 27.4 Å². The summed E-state index contributed by atoms with van der Waals surface area (Å²) in [5, 5.41) is 14.9. The normalized spacial score (nSPS) is 12.5. The van der Waals surface area contributed by atoms with Crippen LogP contribution in [0.1, 0.15) is 17.5 Å². The number of halogens is 1. The van der Waals surface area contributed by atoms with E-state index in [0.717, 1.165) is 14.7 Å². The zero-order chi connectivity index (χ0) is 21.9. The first kappa shape index (κ1) is 23.6. The third kappa shape index (κ3) is 8.78. The molecule has 3 amide bonds. The molecule has 160 valence electrons. The Morgan fingerprint density at radius 3 is 2.43 bits per heavy atom. The lowest BCUT2D eigenvalue weighted by Gasteiger charge is -2.17. The number of nitrogens with one attached hydrogen (secondary N) is 2. The van der Waals surface area contributed by atoms with Gasteiger partial charge in [-0.1, -0.05) is 42.5 Å². The quantitative estimate of drug-likeness (QED) is 0.349. The van der Waals surface area contributed by atoms with Crippen LogP contribution in [0.5, 0.6) is 0 Å². The molecular weight excluding hydrogens is 501 g/mol. The van der Waals surface area contributed by atoms with Crippen LogP contribution < -0.4 is 16.4 Å². The van der Waals surface area contributed by atoms with E-state index in [1.54, 1.807) is 0 Å². The van der Waals surface area contributed by atoms with Crippen LogP contribution in [0.25, 0.3) is 0 Å². The maximum atomic E-state index is 12.2. The zero-order valence-corrected chi connectivity index (χ0v) is 18.4. The molecular formula is C21H24IN3O5. The fourth-order valence-electron chi connectivity index (χ4n) is 2.64. The maximum absolute atomic E-state index is 12.2. The molecule has 0 aliphatic carbocycles. The first-order valence-corrected chi connectivity index (χ1v) is 10.4. The summed E-state index contributed by atoms with van der Waals surface area (Å²) in [7, 11) is 0. The molecule has 30 heavy (non-hydrogen) atoms. The summed E-state index contributed by atoms with van der Waals surface area (Å²) in [5.74, 6) is -1.21. The van der Waals surface area contributed by atoms with Gasteiger partial charge in [0.05, 0.1) is 12.5 Å². The monoisotopic (exact) mass is 525 g/mol. The third-order valence-electron chi connectivity index (χ3n) is 4.12. The molecule has 5 N–H and O–H groups in total. The number of hydrogen-bond donors (Lipinski definition) is 4. The van der Waals surface area contributed by atoms with E-state index < -0.39 is 30.1 Å². The first-order chi connectivity index (χ1) is 14.3. The summed E-state index contributed by atoms with van der Waals surface area (Å²) in [5.41, 5.74) is 7.08. The molecule has 0 unspecified atom stereocenters. The van der Waals surface area contributed by atoms with Gasteiger partial charge in [-0.3, -0.25) is 9.59 Å². The first-order valence-electron chi connectivity index (χ1n) is 9.29. The number of benzene rings is 2. The summed E-state index contributed by atoms with van der Waals surface area (Å²) in [6, 6.07) is 15.7. The Morgan fingerprint density at radius 2 is 1.77 bits per heavy atom. The average Bonchev–Trinajstić information content (AvgIpc) is 2.71. The number of aliphatic hydroxyl groups is 1. The lowest BCUT2D eigenvalue weighted by atomic mass is 10.1. The summed E-state index contributed by atoms with van der Waals surface area (Å²) in [6.45, 7) is -0.0683. The Morgan fingerprint density at radius 1 is 1.07 bits per heavy atom. The highest BCUT2D eigenvalue weighted by Gasteiger charge is 2.21. The highest BCUT2D eigenvalue weighted by molar-refractivity contribution is 14.1. The molecule has 0 heterocycles. The Bertz CT molecular complexity index is 863. The van der Waals surface area contributed by atoms with Crippen LogP contribution in [0, 0.1) is 3.57 Å². The van der Waals surface area contributed by atoms with Gasteiger partial charge in [0.25, 0.3) is 0 Å². The second kappa shape index (κ2) is 12.1. The van der Waals surface area contributed by atoms with Gasteiger partial charge in [-0.05, 0) is 45.9 Å². The van der Waals surface area contributed by atoms with E-state index in [2.05, 4.69) is 33.2 Å². The fourth-order valence-corrected chi connectivity index (χ4v) is 3.24. The van der Waals surface area contributed by atoms with Gasteiger partial charge in [0.1, 0.15) is 12.6 Å². The molecule has 0 bridgehead atoms. The van der Waals surface area contributed by atoms with Gasteiger partial charge in [-0.15, -0.1) is 0 Å². The van der Waals surface area contributed by atoms with Crippen LogP contribution >= 0.6 is 22.6 Å². The number of hydrogen-bond acceptors (Lipinski definition) is 5. The largest absolute Gasteiger partial charge is 0.445 e. The summed E-state index contributed by atoms with van der Waals surface area (Å²) < 4.78 is 6.03. The molecule has 0 spiro atoms. The van der Waals surface area contributed by atoms with Crippen molar-refractivity contribution in [3.8, 4) is 0 Å². The van der Waals surface area contributed by atoms with Crippen LogP contribution in [0.3, 0.4) is 0 Å². The molecule has 2 aromatic rings. The Labute approximate surface area is 188 Å². The van der Waals surface area contributed by atoms with Gasteiger partial charge < -0.3 is 26.2 Å². The van der Waals surface area contributed by atoms with Crippen molar-refractivity contribution in [1.82, 2.24) is 10.6 Å². The highest BCUT2D eigenvalue weighted by atomic mass is 127. The zero-order valence-electron chi connectivity index (χ0n) is 16.2. The number of nitrogens with two attached hydrogens (primary N) is 1. The van der Waals surface area contributed by atoms with Gasteiger partial charge in [0.15, 0.2) is 0 Å². The molecule has 2 atom stereocenters. The predicted octanol–water partition coefficient (Wildman–Crippen LogP) is 1.48. The number of ether oxygens (including phenoxy) is 1. The number of carbonyl (C=O) groups excluding carboxylic acids is 3. The van der Waals surface area contributed by atoms with Crippen molar-refractivity contribution < 1.29 is 24.2 Å². The number of primary amides is 1. The topological polar surface area (TPSA) is 131 Å². The van der Waals surface area contributed by atoms with Gasteiger partial charge in [-0.2, -0.15) is 0 Å². The van der Waals surface area contributed by atoms with Crippen LogP contribution in [0.15, 0.2) is 54.6 Å². The lowest BCUT2D eigenvalue weighted by Crippen LogP contribution is -2.47. The molecule has 2 rings (SSSR count). The van der Waals surface area contributed by atoms with Crippen LogP contribution in [0.2, 0.25) is 0 Å². The van der Waals surface area contributed by atoms with E-state index in [1.807, 2.05) is 54.6 Å². The van der Waals surface area contributed by atoms with E-state index in [9.17, 15) is 19.5 Å². The van der Waals surface area contributed by atoms with Crippen molar-refractivity contribution in [2.45, 2.75) is 31.6 Å². The van der Waals surface area contributed by atoms with Crippen LogP contribution in [0.4, 0.5) is 4.79 Å². The van der Waals surface area contributed by atoms with Crippen LogP contribution in [-0.4, -0.2) is 41.7 Å². The molecule has 0 radical (unpaired) electrons. The minimum Gasteiger partial charge on any atom is -0.445 e. The smallest absolute Gasteiger partial charge is 0.407 e. The van der Waals surface area contributed by atoms with Crippen molar-refractivity contribution in [3.05, 3.63) is 69.3 Å². The molecule has 2 aromatic carbocycles. The van der Waals surface area contributed by atoms with Crippen molar-refractivity contribution in [2.75, 3.05) is 6.54 Å². The second-order valence-electron chi connectivity index (χ2n) is 6.66. The van der Waals surface area contributed by atoms with E-state index in [0.29, 0.717) is 0 Å². The van der Waals surface area contributed by atoms with E-state index in [-0.39, 0.29) is 26.0 Å². The number of amides is 3. The Kier molecular flexibility index (Phi) is 9.55. The van der Waals surface area contributed by atoms with E-state index in [1.165, 1.54) is 0 Å². The second-order valence-corrected chi connectivity index (χ2v) is 7.90. The molecule has 9 heteroatoms. The average molecular weight is 525 g/mol. The summed E-state index contributed by atoms with van der Waals surface area (Å²) in [4.78, 5) is 35.5. The molecule has 0 aromatic heterocycles. The van der Waals surface area contributed by atoms with Gasteiger partial charge in [-0.25, -0.2) is 4.79 Å². The van der Waals surface area contributed by atoms with Gasteiger partial charge >= 0.3 is 6.09 Å². The predicted molar refractivity (Wildman–Crippen MR) is 119 cm³/mol. The summed E-state index contributed by atoms with van der Waals surface area (Å²) in [6.07, 6.45) is -1.89. The third-order valence-corrected chi connectivity index (χ3v) is 4.79. The van der Waals surface area contributed by atoms with Crippen molar-refractivity contribution in [1.29, 1.82) is 0 Å². The van der Waals surface area contributed by atoms with E-state index in [4.69, 9.17) is 10.5 Å². The SMILES string of the molecule is NC(=O)[C@H](Cc1cccc(I)c1)NC(=O)C[C@@H](O)CNC(=O)OCc1ccccc1. The number of aliphatic hydroxyl groups excluding tert-OH is 1. The minimum atomic E-state index is -1.14. The fraction of sp³-hybridized carbons (Fsp3) is 0.286.